The smallest absolute Gasteiger partial charge is 0.229 e. The number of hydrogen-bond acceptors (Lipinski definition) is 6. The molecule has 2 saturated heterocycles. The number of halogens is 1. The number of piperidine rings is 1. The fourth-order valence-electron chi connectivity index (χ4n) is 3.62. The molecule has 2 aliphatic heterocycles. The van der Waals surface area contributed by atoms with Crippen molar-refractivity contribution in [2.45, 2.75) is 32.6 Å². The quantitative estimate of drug-likeness (QED) is 0.820. The van der Waals surface area contributed by atoms with E-state index in [1.165, 1.54) is 11.3 Å². The number of nitrogens with one attached hydrogen (secondary N) is 1. The predicted molar refractivity (Wildman–Crippen MR) is 111 cm³/mol. The molecule has 2 amide bonds. The zero-order valence-corrected chi connectivity index (χ0v) is 17.2. The van der Waals surface area contributed by atoms with Crippen molar-refractivity contribution >= 4 is 50.7 Å². The van der Waals surface area contributed by atoms with Crippen molar-refractivity contribution in [3.8, 4) is 0 Å². The fraction of sp³-hybridized carbons (Fsp3) is 0.474. The van der Waals surface area contributed by atoms with Gasteiger partial charge < -0.3 is 10.2 Å². The van der Waals surface area contributed by atoms with Crippen LogP contribution < -0.4 is 15.1 Å². The van der Waals surface area contributed by atoms with E-state index >= 15 is 0 Å². The van der Waals surface area contributed by atoms with Crippen LogP contribution in [0.4, 0.5) is 16.0 Å². The van der Waals surface area contributed by atoms with Gasteiger partial charge in [0.05, 0.1) is 5.92 Å². The standard InChI is InChI=1S/C19H22ClN5O2S/c1-12-6-7-14(20)10-15(12)21-17(27)13-4-2-8-24(11-13)18-22-23-19(28-18)25-9-3-5-16(25)26/h6-7,10,13H,2-5,8-9,11H2,1H3,(H,21,27)/t13-/m1/s1. The zero-order chi connectivity index (χ0) is 19.7. The minimum absolute atomic E-state index is 0.00507. The highest BCUT2D eigenvalue weighted by atomic mass is 35.5. The third kappa shape index (κ3) is 3.98. The lowest BCUT2D eigenvalue weighted by atomic mass is 9.97. The van der Waals surface area contributed by atoms with E-state index in [0.29, 0.717) is 29.7 Å². The SMILES string of the molecule is Cc1ccc(Cl)cc1NC(=O)[C@@H]1CCCN(c2nnc(N3CCCC3=O)s2)C1. The Balaban J connectivity index is 1.43. The van der Waals surface area contributed by atoms with Crippen LogP contribution in [-0.4, -0.2) is 41.6 Å². The molecule has 2 aliphatic rings. The van der Waals surface area contributed by atoms with Crippen LogP contribution in [0.3, 0.4) is 0 Å². The molecule has 1 aromatic heterocycles. The van der Waals surface area contributed by atoms with Crippen molar-refractivity contribution in [3.63, 3.8) is 0 Å². The van der Waals surface area contributed by atoms with Crippen molar-refractivity contribution in [1.29, 1.82) is 0 Å². The van der Waals surface area contributed by atoms with Crippen LogP contribution >= 0.6 is 22.9 Å². The summed E-state index contributed by atoms with van der Waals surface area (Å²) in [5.74, 6) is -0.0297. The van der Waals surface area contributed by atoms with Gasteiger partial charge in [0.15, 0.2) is 0 Å². The van der Waals surface area contributed by atoms with Gasteiger partial charge in [-0.2, -0.15) is 0 Å². The Morgan fingerprint density at radius 2 is 2.07 bits per heavy atom. The number of anilines is 3. The van der Waals surface area contributed by atoms with E-state index in [9.17, 15) is 9.59 Å². The van der Waals surface area contributed by atoms with Crippen LogP contribution in [0.5, 0.6) is 0 Å². The normalized spacial score (nSPS) is 19.9. The van der Waals surface area contributed by atoms with Gasteiger partial charge in [-0.15, -0.1) is 10.2 Å². The van der Waals surface area contributed by atoms with Gasteiger partial charge in [0, 0.05) is 36.8 Å². The van der Waals surface area contributed by atoms with E-state index in [1.807, 2.05) is 19.1 Å². The summed E-state index contributed by atoms with van der Waals surface area (Å²) >= 11 is 7.48. The monoisotopic (exact) mass is 419 g/mol. The summed E-state index contributed by atoms with van der Waals surface area (Å²) in [6.07, 6.45) is 3.18. The predicted octanol–water partition coefficient (Wildman–Crippen LogP) is 3.48. The number of benzene rings is 1. The lowest BCUT2D eigenvalue weighted by Crippen LogP contribution is -2.40. The number of carbonyl (C=O) groups is 2. The lowest BCUT2D eigenvalue weighted by Gasteiger charge is -2.31. The molecule has 28 heavy (non-hydrogen) atoms. The molecular weight excluding hydrogens is 398 g/mol. The second kappa shape index (κ2) is 8.05. The molecule has 7 nitrogen and oxygen atoms in total. The van der Waals surface area contributed by atoms with E-state index in [1.54, 1.807) is 11.0 Å². The van der Waals surface area contributed by atoms with Crippen molar-refractivity contribution in [2.75, 3.05) is 34.8 Å². The Labute approximate surface area is 172 Å². The van der Waals surface area contributed by atoms with Gasteiger partial charge in [-0.05, 0) is 43.9 Å². The highest BCUT2D eigenvalue weighted by molar-refractivity contribution is 7.19. The average molecular weight is 420 g/mol. The Morgan fingerprint density at radius 1 is 1.25 bits per heavy atom. The highest BCUT2D eigenvalue weighted by Gasteiger charge is 2.30. The number of carbonyl (C=O) groups excluding carboxylic acids is 2. The van der Waals surface area contributed by atoms with Crippen molar-refractivity contribution < 1.29 is 9.59 Å². The largest absolute Gasteiger partial charge is 0.346 e. The molecular formula is C19H22ClN5O2S. The van der Waals surface area contributed by atoms with Gasteiger partial charge in [0.2, 0.25) is 22.1 Å². The van der Waals surface area contributed by atoms with E-state index in [-0.39, 0.29) is 17.7 Å². The van der Waals surface area contributed by atoms with Gasteiger partial charge in [-0.1, -0.05) is 29.0 Å². The first-order valence-corrected chi connectivity index (χ1v) is 10.7. The van der Waals surface area contributed by atoms with E-state index in [0.717, 1.165) is 42.2 Å². The average Bonchev–Trinajstić information content (AvgIpc) is 3.33. The lowest BCUT2D eigenvalue weighted by molar-refractivity contribution is -0.120. The molecule has 0 saturated carbocycles. The third-order valence-corrected chi connectivity index (χ3v) is 6.47. The summed E-state index contributed by atoms with van der Waals surface area (Å²) in [5.41, 5.74) is 1.73. The molecule has 0 bridgehead atoms. The number of hydrogen-bond donors (Lipinski definition) is 1. The molecule has 0 spiro atoms. The molecule has 0 radical (unpaired) electrons. The molecule has 0 aliphatic carbocycles. The van der Waals surface area contributed by atoms with Gasteiger partial charge in [0.1, 0.15) is 0 Å². The van der Waals surface area contributed by atoms with Crippen LogP contribution in [0.2, 0.25) is 5.02 Å². The number of nitrogens with zero attached hydrogens (tertiary/aromatic N) is 4. The summed E-state index contributed by atoms with van der Waals surface area (Å²) in [7, 11) is 0. The van der Waals surface area contributed by atoms with Crippen LogP contribution in [-0.2, 0) is 9.59 Å². The van der Waals surface area contributed by atoms with Gasteiger partial charge in [-0.3, -0.25) is 14.5 Å². The fourth-order valence-corrected chi connectivity index (χ4v) is 4.72. The summed E-state index contributed by atoms with van der Waals surface area (Å²) < 4.78 is 0. The van der Waals surface area contributed by atoms with E-state index in [4.69, 9.17) is 11.6 Å². The van der Waals surface area contributed by atoms with Crippen LogP contribution in [0.25, 0.3) is 0 Å². The minimum Gasteiger partial charge on any atom is -0.346 e. The third-order valence-electron chi connectivity index (χ3n) is 5.23. The van der Waals surface area contributed by atoms with Crippen molar-refractivity contribution in [1.82, 2.24) is 10.2 Å². The van der Waals surface area contributed by atoms with Crippen molar-refractivity contribution in [3.05, 3.63) is 28.8 Å². The topological polar surface area (TPSA) is 78.4 Å². The van der Waals surface area contributed by atoms with Gasteiger partial charge in [-0.25, -0.2) is 0 Å². The number of rotatable bonds is 4. The highest BCUT2D eigenvalue weighted by Crippen LogP contribution is 2.32. The molecule has 4 rings (SSSR count). The molecule has 1 aromatic carbocycles. The maximum atomic E-state index is 12.8. The zero-order valence-electron chi connectivity index (χ0n) is 15.7. The second-order valence-electron chi connectivity index (χ2n) is 7.25. The number of amides is 2. The minimum atomic E-state index is -0.132. The maximum absolute atomic E-state index is 12.8. The molecule has 9 heteroatoms. The summed E-state index contributed by atoms with van der Waals surface area (Å²) in [5, 5.41) is 13.5. The first kappa shape index (κ1) is 19.1. The summed E-state index contributed by atoms with van der Waals surface area (Å²) in [4.78, 5) is 28.5. The molecule has 3 heterocycles. The van der Waals surface area contributed by atoms with E-state index < -0.39 is 0 Å². The number of aromatic nitrogens is 2. The van der Waals surface area contributed by atoms with Crippen LogP contribution in [0, 0.1) is 12.8 Å². The molecule has 148 valence electrons. The Bertz CT molecular complexity index is 902. The summed E-state index contributed by atoms with van der Waals surface area (Å²) in [6.45, 7) is 4.08. The van der Waals surface area contributed by atoms with Gasteiger partial charge in [0.25, 0.3) is 0 Å². The Kier molecular flexibility index (Phi) is 5.50. The van der Waals surface area contributed by atoms with Crippen molar-refractivity contribution in [2.24, 2.45) is 5.92 Å². The molecule has 1 atom stereocenters. The molecule has 2 fully saturated rings. The Morgan fingerprint density at radius 3 is 2.86 bits per heavy atom. The van der Waals surface area contributed by atoms with Crippen LogP contribution in [0.1, 0.15) is 31.2 Å². The first-order valence-electron chi connectivity index (χ1n) is 9.47. The maximum Gasteiger partial charge on any atom is 0.229 e. The van der Waals surface area contributed by atoms with Crippen LogP contribution in [0.15, 0.2) is 18.2 Å². The van der Waals surface area contributed by atoms with Gasteiger partial charge >= 0.3 is 0 Å². The molecule has 2 aromatic rings. The Hall–Kier alpha value is -2.19. The van der Waals surface area contributed by atoms with E-state index in [2.05, 4.69) is 20.4 Å². The summed E-state index contributed by atoms with van der Waals surface area (Å²) in [6, 6.07) is 5.49. The number of aryl methyl sites for hydroxylation is 1. The first-order chi connectivity index (χ1) is 13.5. The molecule has 0 unspecified atom stereocenters. The molecule has 1 N–H and O–H groups in total. The second-order valence-corrected chi connectivity index (χ2v) is 8.62.